The van der Waals surface area contributed by atoms with Gasteiger partial charge in [-0.15, -0.1) is 0 Å². The van der Waals surface area contributed by atoms with Crippen molar-refractivity contribution in [3.8, 4) is 0 Å². The van der Waals surface area contributed by atoms with E-state index < -0.39 is 0 Å². The van der Waals surface area contributed by atoms with E-state index in [1.807, 2.05) is 85.7 Å². The lowest BCUT2D eigenvalue weighted by Crippen LogP contribution is -2.31. The van der Waals surface area contributed by atoms with E-state index in [2.05, 4.69) is 5.32 Å². The number of imide groups is 1. The molecule has 0 radical (unpaired) electrons. The average Bonchev–Trinajstić information content (AvgIpc) is 3.05. The number of thioether (sulfide) groups is 1. The van der Waals surface area contributed by atoms with Crippen molar-refractivity contribution in [1.29, 1.82) is 0 Å². The largest absolute Gasteiger partial charge is 0.378 e. The number of benzene rings is 3. The predicted octanol–water partition coefficient (Wildman–Crippen LogP) is 4.97. The summed E-state index contributed by atoms with van der Waals surface area (Å²) in [5, 5.41) is 4.50. The molecule has 1 aliphatic rings. The molecule has 0 spiro atoms. The first-order valence-electron chi connectivity index (χ1n) is 10.2. The highest BCUT2D eigenvalue weighted by atomic mass is 32.2. The fraction of sp³-hybridized carbons (Fsp3) is 0.160. The van der Waals surface area contributed by atoms with Gasteiger partial charge in [-0.2, -0.15) is 0 Å². The lowest BCUT2D eigenvalue weighted by molar-refractivity contribution is -0.123. The number of rotatable bonds is 6. The summed E-state index contributed by atoms with van der Waals surface area (Å²) in [4.78, 5) is 41.1. The van der Waals surface area contributed by atoms with Crippen LogP contribution in [0.15, 0.2) is 71.6 Å². The summed E-state index contributed by atoms with van der Waals surface area (Å²) in [7, 11) is 3.91. The number of amides is 3. The van der Waals surface area contributed by atoms with Crippen molar-refractivity contribution in [2.24, 2.45) is 0 Å². The topological polar surface area (TPSA) is 69.7 Å². The second kappa shape index (κ2) is 9.28. The van der Waals surface area contributed by atoms with Crippen LogP contribution >= 0.6 is 11.8 Å². The van der Waals surface area contributed by atoms with Gasteiger partial charge < -0.3 is 10.2 Å². The van der Waals surface area contributed by atoms with Crippen molar-refractivity contribution < 1.29 is 14.4 Å². The summed E-state index contributed by atoms with van der Waals surface area (Å²) in [6.07, 6.45) is 1.74. The van der Waals surface area contributed by atoms with Gasteiger partial charge in [0.25, 0.3) is 11.1 Å². The van der Waals surface area contributed by atoms with Crippen LogP contribution in [0.5, 0.6) is 0 Å². The Balaban J connectivity index is 1.39. The summed E-state index contributed by atoms with van der Waals surface area (Å²) in [5.74, 6) is -0.613. The molecule has 0 bridgehead atoms. The number of carbonyl (C=O) groups is 3. The third-order valence-corrected chi connectivity index (χ3v) is 6.11. The van der Waals surface area contributed by atoms with Crippen LogP contribution < -0.4 is 10.2 Å². The van der Waals surface area contributed by atoms with Crippen molar-refractivity contribution in [2.45, 2.75) is 6.42 Å². The smallest absolute Gasteiger partial charge is 0.293 e. The molecule has 0 aliphatic carbocycles. The van der Waals surface area contributed by atoms with Gasteiger partial charge in [-0.05, 0) is 47.0 Å². The molecule has 1 aliphatic heterocycles. The molecule has 1 fully saturated rings. The van der Waals surface area contributed by atoms with Gasteiger partial charge in [-0.1, -0.05) is 48.5 Å². The lowest BCUT2D eigenvalue weighted by Gasteiger charge is -2.13. The van der Waals surface area contributed by atoms with Gasteiger partial charge in [0.15, 0.2) is 0 Å². The average molecular weight is 446 g/mol. The van der Waals surface area contributed by atoms with E-state index in [1.54, 1.807) is 6.08 Å². The maximum Gasteiger partial charge on any atom is 0.293 e. The van der Waals surface area contributed by atoms with Gasteiger partial charge in [-0.25, -0.2) is 0 Å². The van der Waals surface area contributed by atoms with E-state index in [9.17, 15) is 14.4 Å². The SMILES string of the molecule is CN(C)c1ccc(C=C2SC(=O)N(CCC(=O)Nc3cccc4ccccc34)C2=O)cc1. The minimum absolute atomic E-state index is 0.0338. The van der Waals surface area contributed by atoms with Crippen LogP contribution in [0.4, 0.5) is 16.2 Å². The third-order valence-electron chi connectivity index (χ3n) is 5.21. The molecule has 7 heteroatoms. The fourth-order valence-corrected chi connectivity index (χ4v) is 4.34. The van der Waals surface area contributed by atoms with E-state index in [1.165, 1.54) is 0 Å². The first-order valence-corrected chi connectivity index (χ1v) is 11.0. The van der Waals surface area contributed by atoms with Crippen molar-refractivity contribution in [3.63, 3.8) is 0 Å². The number of hydrogen-bond acceptors (Lipinski definition) is 5. The second-order valence-corrected chi connectivity index (χ2v) is 8.64. The van der Waals surface area contributed by atoms with Crippen LogP contribution in [-0.2, 0) is 9.59 Å². The Morgan fingerprint density at radius 1 is 1.00 bits per heavy atom. The van der Waals surface area contributed by atoms with Gasteiger partial charge in [-0.3, -0.25) is 19.3 Å². The lowest BCUT2D eigenvalue weighted by atomic mass is 10.1. The number of anilines is 2. The van der Waals surface area contributed by atoms with E-state index in [0.717, 1.165) is 38.7 Å². The molecule has 1 N–H and O–H groups in total. The molecule has 6 nitrogen and oxygen atoms in total. The van der Waals surface area contributed by atoms with E-state index in [0.29, 0.717) is 10.6 Å². The Labute approximate surface area is 190 Å². The van der Waals surface area contributed by atoms with Crippen molar-refractivity contribution in [2.75, 3.05) is 30.9 Å². The standard InChI is InChI=1S/C25H23N3O3S/c1-27(2)19-12-10-17(11-13-19)16-22-24(30)28(25(31)32-22)15-14-23(29)26-21-9-5-7-18-6-3-4-8-20(18)21/h3-13,16H,14-15H2,1-2H3,(H,26,29). The summed E-state index contributed by atoms with van der Waals surface area (Å²) in [6.45, 7) is 0.0399. The minimum Gasteiger partial charge on any atom is -0.378 e. The third kappa shape index (κ3) is 4.68. The number of nitrogens with one attached hydrogen (secondary N) is 1. The quantitative estimate of drug-likeness (QED) is 0.543. The van der Waals surface area contributed by atoms with E-state index >= 15 is 0 Å². The minimum atomic E-state index is -0.366. The fourth-order valence-electron chi connectivity index (χ4n) is 3.47. The Morgan fingerprint density at radius 2 is 1.72 bits per heavy atom. The van der Waals surface area contributed by atoms with Crippen LogP contribution in [0.1, 0.15) is 12.0 Å². The zero-order valence-corrected chi connectivity index (χ0v) is 18.7. The maximum atomic E-state index is 12.7. The molecule has 4 rings (SSSR count). The van der Waals surface area contributed by atoms with Crippen LogP contribution in [0, 0.1) is 0 Å². The highest BCUT2D eigenvalue weighted by molar-refractivity contribution is 8.18. The Morgan fingerprint density at radius 3 is 2.47 bits per heavy atom. The number of hydrogen-bond donors (Lipinski definition) is 1. The summed E-state index contributed by atoms with van der Waals surface area (Å²) < 4.78 is 0. The molecule has 0 unspecified atom stereocenters. The van der Waals surface area contributed by atoms with Gasteiger partial charge in [0.2, 0.25) is 5.91 Å². The maximum absolute atomic E-state index is 12.7. The number of carbonyl (C=O) groups excluding carboxylic acids is 3. The van der Waals surface area contributed by atoms with Gasteiger partial charge in [0.1, 0.15) is 0 Å². The molecule has 1 saturated heterocycles. The van der Waals surface area contributed by atoms with Gasteiger partial charge in [0.05, 0.1) is 4.91 Å². The first kappa shape index (κ1) is 21.6. The Bertz CT molecular complexity index is 1210. The molecule has 0 atom stereocenters. The van der Waals surface area contributed by atoms with Crippen molar-refractivity contribution in [1.82, 2.24) is 4.90 Å². The number of fused-ring (bicyclic) bond motifs is 1. The van der Waals surface area contributed by atoms with Crippen LogP contribution in [0.2, 0.25) is 0 Å². The molecule has 3 amide bonds. The highest BCUT2D eigenvalue weighted by Crippen LogP contribution is 2.32. The molecular weight excluding hydrogens is 422 g/mol. The Kier molecular flexibility index (Phi) is 6.28. The second-order valence-electron chi connectivity index (χ2n) is 7.64. The first-order chi connectivity index (χ1) is 15.4. The van der Waals surface area contributed by atoms with Crippen LogP contribution in [0.25, 0.3) is 16.8 Å². The normalized spacial score (nSPS) is 14.9. The monoisotopic (exact) mass is 445 g/mol. The summed E-state index contributed by atoms with van der Waals surface area (Å²) in [5.41, 5.74) is 2.60. The molecule has 162 valence electrons. The molecular formula is C25H23N3O3S. The van der Waals surface area contributed by atoms with Gasteiger partial charge >= 0.3 is 0 Å². The molecule has 1 heterocycles. The van der Waals surface area contributed by atoms with Crippen LogP contribution in [-0.4, -0.2) is 42.6 Å². The highest BCUT2D eigenvalue weighted by Gasteiger charge is 2.35. The molecule has 0 saturated carbocycles. The zero-order chi connectivity index (χ0) is 22.7. The van der Waals surface area contributed by atoms with Crippen molar-refractivity contribution in [3.05, 3.63) is 77.2 Å². The molecule has 32 heavy (non-hydrogen) atoms. The number of nitrogens with zero attached hydrogens (tertiary/aromatic N) is 2. The van der Waals surface area contributed by atoms with E-state index in [4.69, 9.17) is 0 Å². The summed E-state index contributed by atoms with van der Waals surface area (Å²) >= 11 is 0.901. The van der Waals surface area contributed by atoms with Crippen LogP contribution in [0.3, 0.4) is 0 Å². The Hall–Kier alpha value is -3.58. The van der Waals surface area contributed by atoms with E-state index in [-0.39, 0.29) is 30.0 Å². The molecule has 3 aromatic rings. The van der Waals surface area contributed by atoms with Crippen molar-refractivity contribution >= 4 is 57.0 Å². The predicted molar refractivity (Wildman–Crippen MR) is 131 cm³/mol. The van der Waals surface area contributed by atoms with Gasteiger partial charge in [0, 0.05) is 43.8 Å². The summed E-state index contributed by atoms with van der Waals surface area (Å²) in [6, 6.07) is 21.2. The molecule has 3 aromatic carbocycles. The zero-order valence-electron chi connectivity index (χ0n) is 17.9. The molecule has 0 aromatic heterocycles.